The Balaban J connectivity index is 1.86. The molecule has 0 fully saturated rings. The number of amides is 1. The lowest BCUT2D eigenvalue weighted by atomic mass is 9.95. The molecule has 1 unspecified atom stereocenters. The summed E-state index contributed by atoms with van der Waals surface area (Å²) in [6, 6.07) is 8.99. The fraction of sp³-hybridized carbons (Fsp3) is 0.304. The number of unbranched alkanes of at least 4 members (excludes halogenated alkanes) is 2. The number of nitrogens with zero attached hydrogens (tertiary/aromatic N) is 2. The van der Waals surface area contributed by atoms with Crippen molar-refractivity contribution in [1.29, 1.82) is 0 Å². The smallest absolute Gasteiger partial charge is 0.273 e. The van der Waals surface area contributed by atoms with Crippen molar-refractivity contribution in [1.82, 2.24) is 15.1 Å². The summed E-state index contributed by atoms with van der Waals surface area (Å²) >= 11 is 6.30. The number of benzene rings is 2. The molecule has 5 nitrogen and oxygen atoms in total. The van der Waals surface area contributed by atoms with E-state index in [0.29, 0.717) is 34.1 Å². The number of H-pyrrole nitrogens is 1. The standard InChI is InChI=1S/C23H23ClFN3O2/c1-3-4-5-10-28-22(14-6-8-15(25)9-7-14)19-20(26-27-21(19)23(28)30)16-12-17(24)13(2)11-18(16)29/h6-9,11-12,22,29H,3-5,10H2,1-2H3,(H,26,27). The molecule has 2 aromatic carbocycles. The molecule has 1 atom stereocenters. The topological polar surface area (TPSA) is 69.2 Å². The predicted octanol–water partition coefficient (Wildman–Crippen LogP) is 5.62. The number of aromatic amines is 1. The molecule has 3 aromatic rings. The Morgan fingerprint density at radius 1 is 1.23 bits per heavy atom. The van der Waals surface area contributed by atoms with Crippen LogP contribution in [0.5, 0.6) is 5.75 Å². The van der Waals surface area contributed by atoms with Crippen LogP contribution in [0, 0.1) is 12.7 Å². The summed E-state index contributed by atoms with van der Waals surface area (Å²) in [4.78, 5) is 15.0. The van der Waals surface area contributed by atoms with Gasteiger partial charge in [-0.1, -0.05) is 43.5 Å². The van der Waals surface area contributed by atoms with Crippen molar-refractivity contribution < 1.29 is 14.3 Å². The largest absolute Gasteiger partial charge is 0.507 e. The molecule has 0 spiro atoms. The minimum Gasteiger partial charge on any atom is -0.507 e. The molecule has 4 rings (SSSR count). The number of phenolic OH excluding ortho intramolecular Hbond substituents is 1. The first-order chi connectivity index (χ1) is 14.4. The zero-order chi connectivity index (χ0) is 21.4. The van der Waals surface area contributed by atoms with Crippen LogP contribution in [0.1, 0.15) is 59.4 Å². The highest BCUT2D eigenvalue weighted by molar-refractivity contribution is 6.31. The molecule has 1 amide bonds. The zero-order valence-electron chi connectivity index (χ0n) is 16.9. The number of nitrogens with one attached hydrogen (secondary N) is 1. The second kappa shape index (κ2) is 8.11. The van der Waals surface area contributed by atoms with E-state index in [0.717, 1.165) is 30.4 Å². The molecule has 1 aliphatic rings. The third-order valence-corrected chi connectivity index (χ3v) is 5.99. The van der Waals surface area contributed by atoms with Crippen LogP contribution < -0.4 is 0 Å². The van der Waals surface area contributed by atoms with Crippen LogP contribution in [-0.2, 0) is 0 Å². The Labute approximate surface area is 179 Å². The number of halogens is 2. The van der Waals surface area contributed by atoms with Gasteiger partial charge in [0.15, 0.2) is 0 Å². The third-order valence-electron chi connectivity index (χ3n) is 5.58. The number of carbonyl (C=O) groups is 1. The van der Waals surface area contributed by atoms with E-state index in [1.165, 1.54) is 12.1 Å². The van der Waals surface area contributed by atoms with Crippen LogP contribution in [0.15, 0.2) is 36.4 Å². The molecule has 0 saturated heterocycles. The van der Waals surface area contributed by atoms with Gasteiger partial charge in [-0.25, -0.2) is 4.39 Å². The first-order valence-corrected chi connectivity index (χ1v) is 10.4. The van der Waals surface area contributed by atoms with Crippen molar-refractivity contribution in [3.8, 4) is 17.0 Å². The number of hydrogen-bond acceptors (Lipinski definition) is 3. The molecule has 0 bridgehead atoms. The van der Waals surface area contributed by atoms with Gasteiger partial charge < -0.3 is 10.0 Å². The van der Waals surface area contributed by atoms with Crippen molar-refractivity contribution in [2.24, 2.45) is 0 Å². The minimum atomic E-state index is -0.418. The highest BCUT2D eigenvalue weighted by atomic mass is 35.5. The van der Waals surface area contributed by atoms with Crippen LogP contribution in [0.3, 0.4) is 0 Å². The fourth-order valence-electron chi connectivity index (χ4n) is 4.01. The van der Waals surface area contributed by atoms with E-state index in [-0.39, 0.29) is 17.5 Å². The molecule has 0 radical (unpaired) electrons. The molecule has 1 aliphatic heterocycles. The van der Waals surface area contributed by atoms with Crippen LogP contribution in [0.25, 0.3) is 11.3 Å². The number of carbonyl (C=O) groups excluding carboxylic acids is 1. The number of phenols is 1. The summed E-state index contributed by atoms with van der Waals surface area (Å²) in [6.07, 6.45) is 2.92. The Bertz CT molecular complexity index is 1090. The van der Waals surface area contributed by atoms with Crippen molar-refractivity contribution in [3.05, 3.63) is 69.6 Å². The quantitative estimate of drug-likeness (QED) is 0.502. The third kappa shape index (κ3) is 3.45. The van der Waals surface area contributed by atoms with Gasteiger partial charge >= 0.3 is 0 Å². The highest BCUT2D eigenvalue weighted by Crippen LogP contribution is 2.45. The van der Waals surface area contributed by atoms with E-state index in [1.807, 2.05) is 0 Å². The van der Waals surface area contributed by atoms with Gasteiger partial charge in [0.2, 0.25) is 0 Å². The van der Waals surface area contributed by atoms with Crippen LogP contribution in [-0.4, -0.2) is 32.7 Å². The number of aryl methyl sites for hydroxylation is 1. The maximum atomic E-state index is 13.6. The Hall–Kier alpha value is -2.86. The van der Waals surface area contributed by atoms with E-state index in [9.17, 15) is 14.3 Å². The molecule has 2 N–H and O–H groups in total. The van der Waals surface area contributed by atoms with Crippen LogP contribution >= 0.6 is 11.6 Å². The van der Waals surface area contributed by atoms with Crippen molar-refractivity contribution in [3.63, 3.8) is 0 Å². The van der Waals surface area contributed by atoms with E-state index < -0.39 is 6.04 Å². The molecule has 30 heavy (non-hydrogen) atoms. The Morgan fingerprint density at radius 3 is 2.67 bits per heavy atom. The van der Waals surface area contributed by atoms with E-state index in [4.69, 9.17) is 11.6 Å². The number of fused-ring (bicyclic) bond motifs is 1. The number of aromatic nitrogens is 2. The first kappa shape index (κ1) is 20.4. The average Bonchev–Trinajstić information content (AvgIpc) is 3.25. The molecule has 2 heterocycles. The molecule has 0 saturated carbocycles. The highest BCUT2D eigenvalue weighted by Gasteiger charge is 2.42. The summed E-state index contributed by atoms with van der Waals surface area (Å²) in [7, 11) is 0. The maximum Gasteiger partial charge on any atom is 0.273 e. The second-order valence-electron chi connectivity index (χ2n) is 7.64. The normalized spacial score (nSPS) is 15.7. The molecule has 7 heteroatoms. The van der Waals surface area contributed by atoms with Gasteiger partial charge in [-0.3, -0.25) is 9.89 Å². The lowest BCUT2D eigenvalue weighted by molar-refractivity contribution is 0.0740. The van der Waals surface area contributed by atoms with Gasteiger partial charge in [0.25, 0.3) is 5.91 Å². The first-order valence-electron chi connectivity index (χ1n) is 10.1. The monoisotopic (exact) mass is 427 g/mol. The van der Waals surface area contributed by atoms with Crippen LogP contribution in [0.2, 0.25) is 5.02 Å². The maximum absolute atomic E-state index is 13.6. The van der Waals surface area contributed by atoms with Gasteiger partial charge in [-0.15, -0.1) is 0 Å². The van der Waals surface area contributed by atoms with Crippen LogP contribution in [0.4, 0.5) is 4.39 Å². The number of hydrogen-bond donors (Lipinski definition) is 2. The van der Waals surface area contributed by atoms with Crippen molar-refractivity contribution >= 4 is 17.5 Å². The second-order valence-corrected chi connectivity index (χ2v) is 8.05. The lowest BCUT2D eigenvalue weighted by Crippen LogP contribution is -2.30. The summed E-state index contributed by atoms with van der Waals surface area (Å²) in [5.41, 5.74) is 3.55. The van der Waals surface area contributed by atoms with E-state index >= 15 is 0 Å². The van der Waals surface area contributed by atoms with Crippen molar-refractivity contribution in [2.75, 3.05) is 6.54 Å². The van der Waals surface area contributed by atoms with Crippen molar-refractivity contribution in [2.45, 2.75) is 39.2 Å². The molecular formula is C23H23ClFN3O2. The van der Waals surface area contributed by atoms with Gasteiger partial charge in [-0.2, -0.15) is 5.10 Å². The zero-order valence-corrected chi connectivity index (χ0v) is 17.6. The molecule has 1 aromatic heterocycles. The molecule has 156 valence electrons. The Kier molecular flexibility index (Phi) is 5.52. The SMILES string of the molecule is CCCCCN1C(=O)c2[nH]nc(-c3cc(Cl)c(C)cc3O)c2C1c1ccc(F)cc1. The summed E-state index contributed by atoms with van der Waals surface area (Å²) in [6.45, 7) is 4.50. The van der Waals surface area contributed by atoms with Gasteiger partial charge in [0.1, 0.15) is 23.0 Å². The average molecular weight is 428 g/mol. The summed E-state index contributed by atoms with van der Waals surface area (Å²) < 4.78 is 13.6. The van der Waals surface area contributed by atoms with Gasteiger partial charge in [0.05, 0.1) is 6.04 Å². The number of rotatable bonds is 6. The number of aromatic hydroxyl groups is 1. The fourth-order valence-corrected chi connectivity index (χ4v) is 4.18. The molecular weight excluding hydrogens is 405 g/mol. The summed E-state index contributed by atoms with van der Waals surface area (Å²) in [5, 5.41) is 18.3. The van der Waals surface area contributed by atoms with E-state index in [1.54, 1.807) is 36.1 Å². The predicted molar refractivity (Wildman–Crippen MR) is 114 cm³/mol. The lowest BCUT2D eigenvalue weighted by Gasteiger charge is -2.26. The summed E-state index contributed by atoms with van der Waals surface area (Å²) in [5.74, 6) is -0.441. The van der Waals surface area contributed by atoms with Gasteiger partial charge in [-0.05, 0) is 48.7 Å². The van der Waals surface area contributed by atoms with E-state index in [2.05, 4.69) is 17.1 Å². The van der Waals surface area contributed by atoms with Gasteiger partial charge in [0, 0.05) is 22.7 Å². The molecule has 0 aliphatic carbocycles. The minimum absolute atomic E-state index is 0.0425. The Morgan fingerprint density at radius 2 is 1.97 bits per heavy atom.